The van der Waals surface area contributed by atoms with E-state index in [0.29, 0.717) is 33.5 Å². The van der Waals surface area contributed by atoms with Gasteiger partial charge in [0, 0.05) is 33.6 Å². The van der Waals surface area contributed by atoms with E-state index < -0.39 is 11.6 Å². The lowest BCUT2D eigenvalue weighted by atomic mass is 9.92. The van der Waals surface area contributed by atoms with Gasteiger partial charge in [-0.3, -0.25) is 0 Å². The fourth-order valence-electron chi connectivity index (χ4n) is 3.22. The maximum absolute atomic E-state index is 13.9. The first-order valence-electron chi connectivity index (χ1n) is 9.81. The third-order valence-electron chi connectivity index (χ3n) is 4.81. The van der Waals surface area contributed by atoms with Gasteiger partial charge in [-0.2, -0.15) is 10.5 Å². The number of nitriles is 2. The largest absolute Gasteiger partial charge is 0.398 e. The van der Waals surface area contributed by atoms with Crippen molar-refractivity contribution in [3.05, 3.63) is 76.9 Å². The first-order valence-corrected chi connectivity index (χ1v) is 9.81. The van der Waals surface area contributed by atoms with Crippen LogP contribution in [0, 0.1) is 34.3 Å². The number of halogens is 2. The molecule has 2 rings (SSSR count). The van der Waals surface area contributed by atoms with Gasteiger partial charge in [0.05, 0.1) is 11.1 Å². The highest BCUT2D eigenvalue weighted by Crippen LogP contribution is 2.34. The number of allylic oxidation sites excluding steroid dienone is 3. The van der Waals surface area contributed by atoms with Crippen LogP contribution in [0.4, 0.5) is 20.2 Å². The smallest absolute Gasteiger partial charge is 0.150 e. The van der Waals surface area contributed by atoms with Crippen LogP contribution >= 0.6 is 0 Å². The molecule has 2 aromatic carbocycles. The van der Waals surface area contributed by atoms with Crippen LogP contribution in [0.5, 0.6) is 0 Å². The minimum atomic E-state index is -0.613. The first kappa shape index (κ1) is 26.1. The van der Waals surface area contributed by atoms with Crippen LogP contribution in [0.2, 0.25) is 0 Å². The van der Waals surface area contributed by atoms with Gasteiger partial charge in [-0.15, -0.1) is 0 Å². The fourth-order valence-corrected chi connectivity index (χ4v) is 3.22. The summed E-state index contributed by atoms with van der Waals surface area (Å²) >= 11 is 0. The molecule has 2 aromatic rings. The number of nitrogens with zero attached hydrogens (tertiary/aromatic N) is 2. The fraction of sp³-hybridized carbons (Fsp3) is 0.231. The van der Waals surface area contributed by atoms with Crippen molar-refractivity contribution in [2.24, 2.45) is 0 Å². The molecule has 32 heavy (non-hydrogen) atoms. The molecule has 0 unspecified atom stereocenters. The summed E-state index contributed by atoms with van der Waals surface area (Å²) in [7, 11) is 0. The highest BCUT2D eigenvalue weighted by Gasteiger charge is 2.19. The molecule has 0 amide bonds. The number of anilines is 2. The van der Waals surface area contributed by atoms with Crippen molar-refractivity contribution in [1.82, 2.24) is 0 Å². The highest BCUT2D eigenvalue weighted by atomic mass is 19.1. The summed E-state index contributed by atoms with van der Waals surface area (Å²) in [6.07, 6.45) is 0. The number of benzene rings is 2. The van der Waals surface area contributed by atoms with E-state index in [2.05, 4.69) is 19.7 Å². The predicted molar refractivity (Wildman–Crippen MR) is 129 cm³/mol. The van der Waals surface area contributed by atoms with Crippen LogP contribution < -0.4 is 11.5 Å². The van der Waals surface area contributed by atoms with Crippen molar-refractivity contribution < 1.29 is 8.78 Å². The molecular weight excluding hydrogens is 406 g/mol. The molecule has 0 radical (unpaired) electrons. The van der Waals surface area contributed by atoms with Crippen molar-refractivity contribution in [2.45, 2.75) is 40.5 Å². The Morgan fingerprint density at radius 2 is 1.22 bits per heavy atom. The standard InChI is InChI=1S/C13H15FN2.C13H13FN2/c2*1-7(2)10-5-9(6-15)12(14)11(8(3)4)13(10)16/h5,8H,1,16H2,2-4H3;5H,1,3,16H2,2,4H3. The molecule has 0 aliphatic rings. The average molecular weight is 435 g/mol. The molecule has 0 aliphatic carbocycles. The van der Waals surface area contributed by atoms with Crippen molar-refractivity contribution in [1.29, 1.82) is 10.5 Å². The Kier molecular flexibility index (Phi) is 8.51. The van der Waals surface area contributed by atoms with E-state index in [0.717, 1.165) is 5.57 Å². The zero-order valence-electron chi connectivity index (χ0n) is 19.2. The van der Waals surface area contributed by atoms with Crippen molar-refractivity contribution in [3.63, 3.8) is 0 Å². The second-order valence-corrected chi connectivity index (χ2v) is 7.91. The van der Waals surface area contributed by atoms with Gasteiger partial charge < -0.3 is 11.5 Å². The average Bonchev–Trinajstić information content (AvgIpc) is 2.67. The highest BCUT2D eigenvalue weighted by molar-refractivity contribution is 5.84. The third kappa shape index (κ3) is 5.22. The molecule has 0 bridgehead atoms. The van der Waals surface area contributed by atoms with Gasteiger partial charge in [0.25, 0.3) is 0 Å². The van der Waals surface area contributed by atoms with E-state index in [-0.39, 0.29) is 28.3 Å². The zero-order valence-corrected chi connectivity index (χ0v) is 19.2. The Morgan fingerprint density at radius 1 is 0.812 bits per heavy atom. The molecule has 6 heteroatoms. The molecule has 0 aromatic heterocycles. The maximum atomic E-state index is 13.9. The molecule has 0 heterocycles. The zero-order chi connectivity index (χ0) is 24.9. The van der Waals surface area contributed by atoms with Crippen LogP contribution in [-0.4, -0.2) is 0 Å². The van der Waals surface area contributed by atoms with E-state index in [1.807, 2.05) is 19.9 Å². The van der Waals surface area contributed by atoms with Crippen LogP contribution in [0.1, 0.15) is 73.9 Å². The quantitative estimate of drug-likeness (QED) is 0.518. The Morgan fingerprint density at radius 3 is 1.56 bits per heavy atom. The van der Waals surface area contributed by atoms with Gasteiger partial charge in [-0.25, -0.2) is 8.78 Å². The van der Waals surface area contributed by atoms with Gasteiger partial charge in [0.2, 0.25) is 0 Å². The molecule has 166 valence electrons. The molecule has 4 nitrogen and oxygen atoms in total. The normalized spacial score (nSPS) is 9.94. The lowest BCUT2D eigenvalue weighted by molar-refractivity contribution is 0.596. The van der Waals surface area contributed by atoms with Crippen molar-refractivity contribution in [3.8, 4) is 12.1 Å². The van der Waals surface area contributed by atoms with Crippen LogP contribution in [0.3, 0.4) is 0 Å². The predicted octanol–water partition coefficient (Wildman–Crippen LogP) is 6.78. The monoisotopic (exact) mass is 434 g/mol. The summed E-state index contributed by atoms with van der Waals surface area (Å²) < 4.78 is 27.7. The molecule has 0 fully saturated rings. The van der Waals surface area contributed by atoms with Crippen LogP contribution in [-0.2, 0) is 0 Å². The lowest BCUT2D eigenvalue weighted by Gasteiger charge is -2.16. The summed E-state index contributed by atoms with van der Waals surface area (Å²) in [5, 5.41) is 17.7. The second-order valence-electron chi connectivity index (χ2n) is 7.91. The van der Waals surface area contributed by atoms with Gasteiger partial charge in [-0.1, -0.05) is 33.6 Å². The molecular formula is C26H28F2N4. The summed E-state index contributed by atoms with van der Waals surface area (Å²) in [5.74, 6) is -1.19. The number of hydrogen-bond donors (Lipinski definition) is 2. The minimum absolute atomic E-state index is 0.0240. The molecule has 0 saturated heterocycles. The van der Waals surface area contributed by atoms with E-state index in [4.69, 9.17) is 22.0 Å². The summed E-state index contributed by atoms with van der Waals surface area (Å²) in [4.78, 5) is 0. The Hall–Kier alpha value is -3.90. The molecule has 4 N–H and O–H groups in total. The number of nitrogens with two attached hydrogens (primary N) is 2. The summed E-state index contributed by atoms with van der Waals surface area (Å²) in [5.41, 5.74) is 16.2. The van der Waals surface area contributed by atoms with E-state index in [9.17, 15) is 8.78 Å². The Labute approximate surface area is 188 Å². The number of rotatable bonds is 4. The molecule has 0 spiro atoms. The topological polar surface area (TPSA) is 99.6 Å². The van der Waals surface area contributed by atoms with Gasteiger partial charge >= 0.3 is 0 Å². The number of hydrogen-bond acceptors (Lipinski definition) is 4. The molecule has 0 aliphatic heterocycles. The minimum Gasteiger partial charge on any atom is -0.398 e. The van der Waals surface area contributed by atoms with Crippen molar-refractivity contribution in [2.75, 3.05) is 11.5 Å². The van der Waals surface area contributed by atoms with Crippen LogP contribution in [0.15, 0.2) is 31.9 Å². The van der Waals surface area contributed by atoms with Gasteiger partial charge in [-0.05, 0) is 55.5 Å². The summed E-state index contributed by atoms with van der Waals surface area (Å²) in [6, 6.07) is 6.51. The third-order valence-corrected chi connectivity index (χ3v) is 4.81. The lowest BCUT2D eigenvalue weighted by Crippen LogP contribution is -2.06. The van der Waals surface area contributed by atoms with Gasteiger partial charge in [0.15, 0.2) is 5.82 Å². The first-order chi connectivity index (χ1) is 14.8. The summed E-state index contributed by atoms with van der Waals surface area (Å²) in [6.45, 7) is 20.1. The Balaban J connectivity index is 0.000000320. The second kappa shape index (κ2) is 10.4. The van der Waals surface area contributed by atoms with E-state index in [1.54, 1.807) is 26.8 Å². The van der Waals surface area contributed by atoms with E-state index in [1.165, 1.54) is 12.1 Å². The van der Waals surface area contributed by atoms with E-state index >= 15 is 0 Å². The molecule has 0 saturated carbocycles. The molecule has 0 atom stereocenters. The van der Waals surface area contributed by atoms with Crippen LogP contribution in [0.25, 0.3) is 16.7 Å². The SMILES string of the molecule is C=C(C)c1cc(C#N)c(F)c(C(=C)C)c1N.C=C(C)c1cc(C#N)c(F)c(C(C)C)c1N. The maximum Gasteiger partial charge on any atom is 0.150 e. The van der Waals surface area contributed by atoms with Gasteiger partial charge in [0.1, 0.15) is 18.0 Å². The number of nitrogen functional groups attached to an aromatic ring is 2. The Bertz CT molecular complexity index is 1190. The van der Waals surface area contributed by atoms with Crippen molar-refractivity contribution >= 4 is 28.1 Å².